The number of benzene rings is 2. The van der Waals surface area contributed by atoms with Crippen molar-refractivity contribution in [3.05, 3.63) is 73.7 Å². The second-order valence-corrected chi connectivity index (χ2v) is 7.21. The summed E-state index contributed by atoms with van der Waals surface area (Å²) in [6.45, 7) is 0.123. The highest BCUT2D eigenvalue weighted by atomic mass is 35.5. The molecule has 0 atom stereocenters. The first kappa shape index (κ1) is 21.1. The van der Waals surface area contributed by atoms with Crippen LogP contribution in [0.2, 0.25) is 5.02 Å². The van der Waals surface area contributed by atoms with Crippen LogP contribution >= 0.6 is 22.9 Å². The number of rotatable bonds is 7. The van der Waals surface area contributed by atoms with Gasteiger partial charge in [-0.3, -0.25) is 20.2 Å². The van der Waals surface area contributed by atoms with E-state index >= 15 is 0 Å². The highest BCUT2D eigenvalue weighted by Crippen LogP contribution is 2.22. The molecule has 154 valence electrons. The highest BCUT2D eigenvalue weighted by Gasteiger charge is 2.19. The Morgan fingerprint density at radius 1 is 1.17 bits per heavy atom. The Morgan fingerprint density at radius 2 is 1.87 bits per heavy atom. The topological polar surface area (TPSA) is 134 Å². The zero-order valence-electron chi connectivity index (χ0n) is 15.3. The third kappa shape index (κ3) is 5.27. The molecule has 0 aliphatic heterocycles. The fourth-order valence-electron chi connectivity index (χ4n) is 2.29. The first-order valence-electron chi connectivity index (χ1n) is 8.25. The van der Waals surface area contributed by atoms with Gasteiger partial charge in [0.25, 0.3) is 11.6 Å². The molecule has 0 radical (unpaired) electrons. The van der Waals surface area contributed by atoms with E-state index in [1.165, 1.54) is 6.07 Å². The number of amides is 1. The number of hydrogen-bond donors (Lipinski definition) is 1. The zero-order chi connectivity index (χ0) is 21.7. The zero-order valence-corrected chi connectivity index (χ0v) is 16.9. The van der Waals surface area contributed by atoms with Gasteiger partial charge in [-0.25, -0.2) is 4.79 Å². The summed E-state index contributed by atoms with van der Waals surface area (Å²) in [7, 11) is 1.13. The van der Waals surface area contributed by atoms with E-state index < -0.39 is 22.5 Å². The van der Waals surface area contributed by atoms with Crippen molar-refractivity contribution >= 4 is 45.6 Å². The Balaban J connectivity index is 1.70. The second kappa shape index (κ2) is 9.29. The van der Waals surface area contributed by atoms with E-state index in [4.69, 9.17) is 16.3 Å². The predicted octanol–water partition coefficient (Wildman–Crippen LogP) is 3.72. The molecular formula is C18H13ClN4O6S. The molecule has 0 saturated heterocycles. The molecule has 0 unspecified atom stereocenters. The van der Waals surface area contributed by atoms with Gasteiger partial charge in [-0.15, -0.1) is 10.2 Å². The van der Waals surface area contributed by atoms with E-state index in [1.807, 2.05) is 0 Å². The Bertz CT molecular complexity index is 1100. The normalized spacial score (nSPS) is 10.3. The summed E-state index contributed by atoms with van der Waals surface area (Å²) in [5, 5.41) is 22.6. The summed E-state index contributed by atoms with van der Waals surface area (Å²) in [6, 6.07) is 10.0. The fourth-order valence-corrected chi connectivity index (χ4v) is 3.07. The number of non-ortho nitro benzene ring substituents is 1. The minimum Gasteiger partial charge on any atom is -0.486 e. The van der Waals surface area contributed by atoms with Crippen LogP contribution in [0.15, 0.2) is 42.5 Å². The summed E-state index contributed by atoms with van der Waals surface area (Å²) in [6.07, 6.45) is 0. The number of nitrogens with zero attached hydrogens (tertiary/aromatic N) is 3. The van der Waals surface area contributed by atoms with Crippen LogP contribution in [0.5, 0.6) is 5.75 Å². The van der Waals surface area contributed by atoms with Crippen LogP contribution in [-0.4, -0.2) is 34.1 Å². The minimum absolute atomic E-state index is 0.0984. The van der Waals surface area contributed by atoms with Gasteiger partial charge < -0.3 is 9.47 Å². The molecule has 1 heterocycles. The summed E-state index contributed by atoms with van der Waals surface area (Å²) in [4.78, 5) is 34.6. The highest BCUT2D eigenvalue weighted by molar-refractivity contribution is 7.15. The van der Waals surface area contributed by atoms with Crippen LogP contribution in [0.1, 0.15) is 25.7 Å². The molecule has 0 aliphatic rings. The maximum Gasteiger partial charge on any atom is 0.338 e. The van der Waals surface area contributed by atoms with Crippen LogP contribution in [0.25, 0.3) is 0 Å². The maximum absolute atomic E-state index is 12.5. The number of anilines is 1. The summed E-state index contributed by atoms with van der Waals surface area (Å²) < 4.78 is 10.1. The summed E-state index contributed by atoms with van der Waals surface area (Å²) in [5.74, 6) is -0.900. The molecule has 30 heavy (non-hydrogen) atoms. The molecule has 0 fully saturated rings. The van der Waals surface area contributed by atoms with Crippen LogP contribution in [-0.2, 0) is 11.3 Å². The average molecular weight is 449 g/mol. The number of carbonyl (C=O) groups excluding carboxylic acids is 2. The van der Waals surface area contributed by atoms with Crippen molar-refractivity contribution < 1.29 is 24.0 Å². The quantitative estimate of drug-likeness (QED) is 0.328. The Hall–Kier alpha value is -3.57. The lowest BCUT2D eigenvalue weighted by molar-refractivity contribution is -0.384. The van der Waals surface area contributed by atoms with Crippen molar-refractivity contribution in [2.45, 2.75) is 6.61 Å². The van der Waals surface area contributed by atoms with Gasteiger partial charge >= 0.3 is 5.97 Å². The van der Waals surface area contributed by atoms with Crippen molar-refractivity contribution in [3.8, 4) is 5.75 Å². The molecular weight excluding hydrogens is 436 g/mol. The summed E-state index contributed by atoms with van der Waals surface area (Å²) in [5.41, 5.74) is -0.637. The molecule has 0 aliphatic carbocycles. The number of ether oxygens (including phenoxy) is 2. The van der Waals surface area contributed by atoms with Crippen molar-refractivity contribution in [2.24, 2.45) is 0 Å². The first-order chi connectivity index (χ1) is 14.4. The number of halogens is 1. The third-order valence-electron chi connectivity index (χ3n) is 3.68. The lowest BCUT2D eigenvalue weighted by Gasteiger charge is -2.05. The van der Waals surface area contributed by atoms with Crippen molar-refractivity contribution in [2.75, 3.05) is 12.4 Å². The van der Waals surface area contributed by atoms with Gasteiger partial charge in [0.15, 0.2) is 5.01 Å². The Labute approximate surface area is 178 Å². The van der Waals surface area contributed by atoms with E-state index in [1.54, 1.807) is 24.3 Å². The van der Waals surface area contributed by atoms with Crippen LogP contribution in [0, 0.1) is 10.1 Å². The molecule has 0 spiro atoms. The van der Waals surface area contributed by atoms with Gasteiger partial charge in [0, 0.05) is 22.7 Å². The lowest BCUT2D eigenvalue weighted by Crippen LogP contribution is -2.14. The average Bonchev–Trinajstić information content (AvgIpc) is 3.19. The molecule has 1 aromatic heterocycles. The fraction of sp³-hybridized carbons (Fsp3) is 0.111. The molecule has 0 saturated carbocycles. The molecule has 10 nitrogen and oxygen atoms in total. The van der Waals surface area contributed by atoms with Gasteiger partial charge in [0.2, 0.25) is 5.13 Å². The van der Waals surface area contributed by atoms with E-state index in [0.29, 0.717) is 15.8 Å². The molecule has 3 rings (SSSR count). The monoisotopic (exact) mass is 448 g/mol. The molecule has 0 bridgehead atoms. The van der Waals surface area contributed by atoms with Crippen LogP contribution in [0.3, 0.4) is 0 Å². The molecule has 1 N–H and O–H groups in total. The van der Waals surface area contributed by atoms with Gasteiger partial charge in [-0.1, -0.05) is 22.9 Å². The van der Waals surface area contributed by atoms with Gasteiger partial charge in [-0.2, -0.15) is 0 Å². The van der Waals surface area contributed by atoms with E-state index in [9.17, 15) is 19.7 Å². The Morgan fingerprint density at radius 3 is 2.53 bits per heavy atom. The number of nitro benzene ring substituents is 1. The minimum atomic E-state index is -0.801. The number of nitrogens with one attached hydrogen (secondary N) is 1. The van der Waals surface area contributed by atoms with Gasteiger partial charge in [0.1, 0.15) is 12.4 Å². The first-order valence-corrected chi connectivity index (χ1v) is 9.45. The predicted molar refractivity (Wildman–Crippen MR) is 108 cm³/mol. The van der Waals surface area contributed by atoms with Crippen molar-refractivity contribution in [3.63, 3.8) is 0 Å². The smallest absolute Gasteiger partial charge is 0.338 e. The number of methoxy groups -OCH3 is 1. The number of aromatic nitrogens is 2. The van der Waals surface area contributed by atoms with E-state index in [-0.39, 0.29) is 22.9 Å². The largest absolute Gasteiger partial charge is 0.486 e. The van der Waals surface area contributed by atoms with Crippen LogP contribution in [0.4, 0.5) is 10.8 Å². The number of esters is 1. The molecule has 2 aromatic carbocycles. The number of nitro groups is 1. The van der Waals surface area contributed by atoms with Gasteiger partial charge in [-0.05, 0) is 30.3 Å². The molecule has 1 amide bonds. The summed E-state index contributed by atoms with van der Waals surface area (Å²) >= 11 is 6.89. The Kier molecular flexibility index (Phi) is 6.54. The van der Waals surface area contributed by atoms with E-state index in [2.05, 4.69) is 20.3 Å². The molecule has 3 aromatic rings. The second-order valence-electron chi connectivity index (χ2n) is 5.71. The number of hydrogen-bond acceptors (Lipinski definition) is 9. The maximum atomic E-state index is 12.5. The SMILES string of the molecule is COC(=O)c1cc(C(=O)Nc2nnc(COc3ccc(Cl)cc3)s2)cc([N+](=O)[O-])c1. The molecule has 12 heteroatoms. The van der Waals surface area contributed by atoms with Crippen LogP contribution < -0.4 is 10.1 Å². The number of carbonyl (C=O) groups is 2. The van der Waals surface area contributed by atoms with Gasteiger partial charge in [0.05, 0.1) is 17.6 Å². The standard InChI is InChI=1S/C18H13ClN4O6S/c1-28-17(25)11-6-10(7-13(8-11)23(26)27)16(24)20-18-22-21-15(30-18)9-29-14-4-2-12(19)3-5-14/h2-8H,9H2,1H3,(H,20,22,24). The lowest BCUT2D eigenvalue weighted by atomic mass is 10.1. The van der Waals surface area contributed by atoms with Crippen molar-refractivity contribution in [1.29, 1.82) is 0 Å². The van der Waals surface area contributed by atoms with E-state index in [0.717, 1.165) is 30.6 Å². The third-order valence-corrected chi connectivity index (χ3v) is 4.74. The van der Waals surface area contributed by atoms with Crippen molar-refractivity contribution in [1.82, 2.24) is 10.2 Å².